The van der Waals surface area contributed by atoms with Gasteiger partial charge in [-0.3, -0.25) is 4.90 Å². The maximum Gasteiger partial charge on any atom is 0.169 e. The number of ether oxygens (including phenoxy) is 1. The Labute approximate surface area is 262 Å². The fraction of sp³-hybridized carbons (Fsp3) is 0.368. The molecule has 4 aromatic carbocycles. The van der Waals surface area contributed by atoms with Crippen LogP contribution in [0, 0.1) is 5.82 Å². The second kappa shape index (κ2) is 16.3. The van der Waals surface area contributed by atoms with E-state index in [4.69, 9.17) is 4.74 Å². The molecule has 6 heteroatoms. The minimum absolute atomic E-state index is 0.0953. The van der Waals surface area contributed by atoms with E-state index in [9.17, 15) is 14.6 Å². The molecule has 0 fully saturated rings. The second-order valence-corrected chi connectivity index (χ2v) is 12.0. The number of halogens is 1. The molecule has 0 aliphatic carbocycles. The molecule has 0 spiro atoms. The highest BCUT2D eigenvalue weighted by atomic mass is 19.1. The highest BCUT2D eigenvalue weighted by molar-refractivity contribution is 5.44. The lowest BCUT2D eigenvalue weighted by atomic mass is 9.86. The molecule has 0 saturated heterocycles. The molecule has 4 aromatic rings. The van der Waals surface area contributed by atoms with E-state index in [-0.39, 0.29) is 11.7 Å². The van der Waals surface area contributed by atoms with Crippen LogP contribution >= 0.6 is 0 Å². The standard InChI is InChI=1S/C38H47FN2O3/c1-27(2)41(28(3)4)23-20-34(31-9-6-5-7-10-31)35-25-30(15-18-36(35)42)21-24-44-33-16-13-29(14-17-33)19-22-40-26-32-11-8-12-37(43)38(32)39/h5-18,25,27-28,34,40,42-43H,19-24,26H2,1-4H3/t34-/m1/s1. The minimum Gasteiger partial charge on any atom is -0.508 e. The molecule has 0 unspecified atom stereocenters. The molecule has 0 aromatic heterocycles. The summed E-state index contributed by atoms with van der Waals surface area (Å²) in [6, 6.07) is 30.1. The van der Waals surface area contributed by atoms with Gasteiger partial charge in [-0.25, -0.2) is 4.39 Å². The molecule has 0 amide bonds. The van der Waals surface area contributed by atoms with Gasteiger partial charge in [-0.05, 0) is 94.6 Å². The lowest BCUT2D eigenvalue weighted by Crippen LogP contribution is -2.38. The number of hydrogen-bond donors (Lipinski definition) is 3. The van der Waals surface area contributed by atoms with Crippen molar-refractivity contribution in [2.24, 2.45) is 0 Å². The number of rotatable bonds is 16. The Hall–Kier alpha value is -3.87. The average Bonchev–Trinajstić information content (AvgIpc) is 3.01. The Morgan fingerprint density at radius 1 is 0.773 bits per heavy atom. The van der Waals surface area contributed by atoms with Crippen molar-refractivity contribution < 1.29 is 19.3 Å². The molecule has 0 bridgehead atoms. The minimum atomic E-state index is -0.569. The maximum absolute atomic E-state index is 13.9. The molecule has 234 valence electrons. The summed E-state index contributed by atoms with van der Waals surface area (Å²) in [5, 5.41) is 23.7. The van der Waals surface area contributed by atoms with E-state index in [0.717, 1.165) is 48.2 Å². The van der Waals surface area contributed by atoms with Gasteiger partial charge in [0.05, 0.1) is 6.61 Å². The van der Waals surface area contributed by atoms with Gasteiger partial charge in [-0.15, -0.1) is 0 Å². The van der Waals surface area contributed by atoms with Crippen molar-refractivity contribution in [2.75, 3.05) is 19.7 Å². The zero-order valence-electron chi connectivity index (χ0n) is 26.5. The monoisotopic (exact) mass is 598 g/mol. The van der Waals surface area contributed by atoms with Crippen LogP contribution in [0.3, 0.4) is 0 Å². The van der Waals surface area contributed by atoms with Crippen LogP contribution in [0.2, 0.25) is 0 Å². The van der Waals surface area contributed by atoms with Crippen molar-refractivity contribution in [3.8, 4) is 17.2 Å². The Balaban J connectivity index is 1.32. The number of aromatic hydroxyl groups is 2. The lowest BCUT2D eigenvalue weighted by Gasteiger charge is -2.32. The summed E-state index contributed by atoms with van der Waals surface area (Å²) in [5.41, 5.74) is 4.92. The van der Waals surface area contributed by atoms with Crippen molar-refractivity contribution in [3.05, 3.63) is 125 Å². The number of nitrogens with one attached hydrogen (secondary N) is 1. The largest absolute Gasteiger partial charge is 0.508 e. The first-order valence-electron chi connectivity index (χ1n) is 15.7. The number of phenols is 2. The van der Waals surface area contributed by atoms with Crippen LogP contribution < -0.4 is 10.1 Å². The number of nitrogens with zero attached hydrogens (tertiary/aromatic N) is 1. The van der Waals surface area contributed by atoms with Crippen LogP contribution in [-0.4, -0.2) is 46.9 Å². The van der Waals surface area contributed by atoms with Crippen LogP contribution in [0.5, 0.6) is 17.2 Å². The zero-order valence-corrected chi connectivity index (χ0v) is 26.5. The van der Waals surface area contributed by atoms with Gasteiger partial charge in [-0.1, -0.05) is 66.7 Å². The van der Waals surface area contributed by atoms with Crippen LogP contribution in [-0.2, 0) is 19.4 Å². The highest BCUT2D eigenvalue weighted by Crippen LogP contribution is 2.35. The smallest absolute Gasteiger partial charge is 0.169 e. The Morgan fingerprint density at radius 3 is 2.18 bits per heavy atom. The summed E-state index contributed by atoms with van der Waals surface area (Å²) in [5.74, 6) is 0.351. The van der Waals surface area contributed by atoms with Gasteiger partial charge in [0.1, 0.15) is 11.5 Å². The summed E-state index contributed by atoms with van der Waals surface area (Å²) in [7, 11) is 0. The first-order valence-corrected chi connectivity index (χ1v) is 15.7. The van der Waals surface area contributed by atoms with Crippen LogP contribution in [0.15, 0.2) is 91.0 Å². The molecular formula is C38H47FN2O3. The summed E-state index contributed by atoms with van der Waals surface area (Å²) < 4.78 is 20.0. The fourth-order valence-electron chi connectivity index (χ4n) is 5.81. The van der Waals surface area contributed by atoms with E-state index in [1.165, 1.54) is 11.6 Å². The third-order valence-electron chi connectivity index (χ3n) is 8.22. The van der Waals surface area contributed by atoms with E-state index in [0.29, 0.717) is 43.1 Å². The van der Waals surface area contributed by atoms with Gasteiger partial charge < -0.3 is 20.3 Å². The number of hydrogen-bond acceptors (Lipinski definition) is 5. The topological polar surface area (TPSA) is 65.0 Å². The van der Waals surface area contributed by atoms with Crippen molar-refractivity contribution in [1.29, 1.82) is 0 Å². The van der Waals surface area contributed by atoms with Gasteiger partial charge in [0, 0.05) is 42.1 Å². The van der Waals surface area contributed by atoms with Gasteiger partial charge in [0.25, 0.3) is 0 Å². The van der Waals surface area contributed by atoms with Crippen molar-refractivity contribution >= 4 is 0 Å². The normalized spacial score (nSPS) is 12.3. The molecule has 0 heterocycles. The quantitative estimate of drug-likeness (QED) is 0.115. The Bertz CT molecular complexity index is 1430. The van der Waals surface area contributed by atoms with Gasteiger partial charge >= 0.3 is 0 Å². The first kappa shape index (κ1) is 33.0. The summed E-state index contributed by atoms with van der Waals surface area (Å²) in [4.78, 5) is 2.50. The molecule has 0 saturated carbocycles. The zero-order chi connectivity index (χ0) is 31.5. The molecule has 4 rings (SSSR count). The van der Waals surface area contributed by atoms with Crippen molar-refractivity contribution in [2.45, 2.75) is 71.5 Å². The van der Waals surface area contributed by atoms with Gasteiger partial charge in [0.2, 0.25) is 0 Å². The van der Waals surface area contributed by atoms with E-state index < -0.39 is 5.82 Å². The van der Waals surface area contributed by atoms with Gasteiger partial charge in [-0.2, -0.15) is 0 Å². The van der Waals surface area contributed by atoms with Crippen molar-refractivity contribution in [3.63, 3.8) is 0 Å². The molecule has 0 radical (unpaired) electrons. The highest BCUT2D eigenvalue weighted by Gasteiger charge is 2.21. The Kier molecular flexibility index (Phi) is 12.2. The van der Waals surface area contributed by atoms with Crippen molar-refractivity contribution in [1.82, 2.24) is 10.2 Å². The predicted octanol–water partition coefficient (Wildman–Crippen LogP) is 7.83. The molecule has 3 N–H and O–H groups in total. The number of phenolic OH excluding ortho intramolecular Hbond substituents is 2. The fourth-order valence-corrected chi connectivity index (χ4v) is 5.81. The van der Waals surface area contributed by atoms with E-state index in [1.54, 1.807) is 12.1 Å². The molecule has 0 aliphatic rings. The lowest BCUT2D eigenvalue weighted by molar-refractivity contribution is 0.170. The molecule has 1 atom stereocenters. The van der Waals surface area contributed by atoms with E-state index in [2.05, 4.69) is 68.2 Å². The van der Waals surface area contributed by atoms with Crippen LogP contribution in [0.1, 0.15) is 67.9 Å². The molecule has 44 heavy (non-hydrogen) atoms. The summed E-state index contributed by atoms with van der Waals surface area (Å²) in [6.07, 6.45) is 2.45. The Morgan fingerprint density at radius 2 is 1.48 bits per heavy atom. The van der Waals surface area contributed by atoms with Crippen LogP contribution in [0.4, 0.5) is 4.39 Å². The maximum atomic E-state index is 13.9. The SMILES string of the molecule is CC(C)N(CC[C@H](c1ccccc1)c1cc(CCOc2ccc(CCNCc3cccc(O)c3F)cc2)ccc1O)C(C)C. The van der Waals surface area contributed by atoms with E-state index in [1.807, 2.05) is 42.5 Å². The predicted molar refractivity (Wildman–Crippen MR) is 177 cm³/mol. The average molecular weight is 599 g/mol. The summed E-state index contributed by atoms with van der Waals surface area (Å²) >= 11 is 0. The first-order chi connectivity index (χ1) is 21.2. The summed E-state index contributed by atoms with van der Waals surface area (Å²) in [6.45, 7) is 11.5. The van der Waals surface area contributed by atoms with E-state index >= 15 is 0 Å². The number of benzene rings is 4. The van der Waals surface area contributed by atoms with Crippen LogP contribution in [0.25, 0.3) is 0 Å². The third-order valence-corrected chi connectivity index (χ3v) is 8.22. The molecule has 0 aliphatic heterocycles. The molecular weight excluding hydrogens is 551 g/mol. The molecule has 5 nitrogen and oxygen atoms in total. The van der Waals surface area contributed by atoms with Gasteiger partial charge in [0.15, 0.2) is 11.6 Å². The second-order valence-electron chi connectivity index (χ2n) is 12.0. The third kappa shape index (κ3) is 9.31.